The molecule has 22 heavy (non-hydrogen) atoms. The summed E-state index contributed by atoms with van der Waals surface area (Å²) < 4.78 is 23.0. The second kappa shape index (κ2) is 4.54. The lowest BCUT2D eigenvalue weighted by Gasteiger charge is -2.31. The molecule has 0 aromatic heterocycles. The zero-order valence-electron chi connectivity index (χ0n) is 13.5. The summed E-state index contributed by atoms with van der Waals surface area (Å²) in [5.74, 6) is 0.570. The summed E-state index contributed by atoms with van der Waals surface area (Å²) in [7, 11) is -3.18. The molecule has 2 atom stereocenters. The maximum Gasteiger partial charge on any atom is 0.175 e. The van der Waals surface area contributed by atoms with Gasteiger partial charge in [0.15, 0.2) is 15.6 Å². The van der Waals surface area contributed by atoms with Crippen LogP contribution in [-0.4, -0.2) is 20.5 Å². The topological polar surface area (TPSA) is 51.2 Å². The molecule has 0 aliphatic heterocycles. The minimum Gasteiger partial charge on any atom is -0.294 e. The molecule has 0 heterocycles. The lowest BCUT2D eigenvalue weighted by molar-refractivity contribution is -0.125. The maximum atomic E-state index is 12.8. The number of hydrogen-bond acceptors (Lipinski definition) is 3. The van der Waals surface area contributed by atoms with E-state index >= 15 is 0 Å². The zero-order chi connectivity index (χ0) is 16.3. The van der Waals surface area contributed by atoms with Crippen LogP contribution in [-0.2, 0) is 14.6 Å². The number of carbonyl (C=O) groups excluding carboxylic acids is 1. The van der Waals surface area contributed by atoms with Gasteiger partial charge in [-0.15, -0.1) is 0 Å². The molecule has 0 spiro atoms. The van der Waals surface area contributed by atoms with Crippen LogP contribution in [0.5, 0.6) is 0 Å². The molecule has 0 saturated heterocycles. The van der Waals surface area contributed by atoms with E-state index in [4.69, 9.17) is 0 Å². The van der Waals surface area contributed by atoms with Gasteiger partial charge < -0.3 is 0 Å². The summed E-state index contributed by atoms with van der Waals surface area (Å²) in [6.07, 6.45) is 5.17. The summed E-state index contributed by atoms with van der Waals surface area (Å²) in [5.41, 5.74) is 1.55. The molecule has 1 aromatic rings. The minimum absolute atomic E-state index is 0.00259. The minimum atomic E-state index is -3.18. The van der Waals surface area contributed by atoms with E-state index in [1.54, 1.807) is 24.3 Å². The molecule has 1 aromatic carbocycles. The van der Waals surface area contributed by atoms with Crippen molar-refractivity contribution < 1.29 is 13.2 Å². The average molecular weight is 318 g/mol. The first kappa shape index (κ1) is 15.5. The van der Waals surface area contributed by atoms with E-state index < -0.39 is 9.84 Å². The van der Waals surface area contributed by atoms with Crippen molar-refractivity contribution in [1.82, 2.24) is 0 Å². The monoisotopic (exact) mass is 318 g/mol. The van der Waals surface area contributed by atoms with Crippen molar-refractivity contribution in [1.29, 1.82) is 0 Å². The first-order valence-electron chi connectivity index (χ1n) is 7.64. The highest BCUT2D eigenvalue weighted by Crippen LogP contribution is 2.65. The summed E-state index contributed by atoms with van der Waals surface area (Å²) in [5, 5.41) is 0. The van der Waals surface area contributed by atoms with E-state index in [1.165, 1.54) is 6.26 Å². The predicted molar refractivity (Wildman–Crippen MR) is 87.1 cm³/mol. The average Bonchev–Trinajstić information content (AvgIpc) is 2.73. The van der Waals surface area contributed by atoms with E-state index in [0.717, 1.165) is 24.0 Å². The van der Waals surface area contributed by atoms with Gasteiger partial charge in [0.2, 0.25) is 0 Å². The summed E-state index contributed by atoms with van der Waals surface area (Å²) in [6, 6.07) is 6.76. The SMILES string of the molecule is CC12CCC(C(=Cc3ccc(S(C)(=O)=O)cc3)C1=O)C2(C)C. The van der Waals surface area contributed by atoms with Crippen LogP contribution < -0.4 is 0 Å². The number of carbonyl (C=O) groups is 1. The number of Topliss-reactive ketones (excluding diaryl/α,β-unsaturated/α-hetero) is 1. The fourth-order valence-corrected chi connectivity index (χ4v) is 4.72. The molecular weight excluding hydrogens is 296 g/mol. The zero-order valence-corrected chi connectivity index (χ0v) is 14.3. The Morgan fingerprint density at radius 1 is 1.14 bits per heavy atom. The summed E-state index contributed by atoms with van der Waals surface area (Å²) in [6.45, 7) is 6.47. The number of rotatable bonds is 2. The Hall–Kier alpha value is -1.42. The third kappa shape index (κ3) is 2.00. The van der Waals surface area contributed by atoms with E-state index in [0.29, 0.717) is 10.8 Å². The molecule has 2 saturated carbocycles. The van der Waals surface area contributed by atoms with Crippen molar-refractivity contribution in [3.8, 4) is 0 Å². The number of hydrogen-bond donors (Lipinski definition) is 0. The number of sulfone groups is 1. The van der Waals surface area contributed by atoms with Crippen molar-refractivity contribution in [2.24, 2.45) is 16.7 Å². The number of ketones is 1. The molecule has 2 aliphatic carbocycles. The highest BCUT2D eigenvalue weighted by molar-refractivity contribution is 7.90. The second-order valence-corrected chi connectivity index (χ2v) is 9.43. The fraction of sp³-hybridized carbons (Fsp3) is 0.500. The van der Waals surface area contributed by atoms with Crippen LogP contribution in [0.15, 0.2) is 34.7 Å². The Balaban J connectivity index is 1.99. The van der Waals surface area contributed by atoms with Crippen LogP contribution in [0.1, 0.15) is 39.2 Å². The Morgan fingerprint density at radius 2 is 1.73 bits per heavy atom. The normalized spacial score (nSPS) is 31.9. The number of benzene rings is 1. The van der Waals surface area contributed by atoms with Crippen molar-refractivity contribution in [3.63, 3.8) is 0 Å². The lowest BCUT2D eigenvalue weighted by atomic mass is 9.70. The van der Waals surface area contributed by atoms with Gasteiger partial charge in [0, 0.05) is 11.7 Å². The van der Waals surface area contributed by atoms with Gasteiger partial charge in [-0.2, -0.15) is 0 Å². The first-order chi connectivity index (χ1) is 10.1. The summed E-state index contributed by atoms with van der Waals surface area (Å²) >= 11 is 0. The third-order valence-electron chi connectivity index (χ3n) is 6.00. The van der Waals surface area contributed by atoms with Crippen LogP contribution in [0.25, 0.3) is 6.08 Å². The van der Waals surface area contributed by atoms with Crippen molar-refractivity contribution in [2.75, 3.05) is 6.26 Å². The molecular formula is C18H22O3S. The highest BCUT2D eigenvalue weighted by Gasteiger charge is 2.63. The van der Waals surface area contributed by atoms with Crippen LogP contribution in [0.3, 0.4) is 0 Å². The van der Waals surface area contributed by atoms with Gasteiger partial charge >= 0.3 is 0 Å². The van der Waals surface area contributed by atoms with E-state index in [2.05, 4.69) is 20.8 Å². The molecule has 2 aliphatic rings. The van der Waals surface area contributed by atoms with Gasteiger partial charge in [0.1, 0.15) is 0 Å². The first-order valence-corrected chi connectivity index (χ1v) is 9.53. The largest absolute Gasteiger partial charge is 0.294 e. The molecule has 118 valence electrons. The van der Waals surface area contributed by atoms with E-state index in [1.807, 2.05) is 6.08 Å². The lowest BCUT2D eigenvalue weighted by Crippen LogP contribution is -2.32. The molecule has 2 bridgehead atoms. The molecule has 0 radical (unpaired) electrons. The van der Waals surface area contributed by atoms with Gasteiger partial charge in [-0.3, -0.25) is 4.79 Å². The molecule has 4 heteroatoms. The molecule has 3 rings (SSSR count). The van der Waals surface area contributed by atoms with Crippen LogP contribution >= 0.6 is 0 Å². The summed E-state index contributed by atoms with van der Waals surface area (Å²) in [4.78, 5) is 13.1. The molecule has 0 N–H and O–H groups in total. The number of allylic oxidation sites excluding steroid dienone is 1. The Bertz CT molecular complexity index is 769. The number of fused-ring (bicyclic) bond motifs is 2. The van der Waals surface area contributed by atoms with Gasteiger partial charge in [-0.05, 0) is 53.5 Å². The second-order valence-electron chi connectivity index (χ2n) is 7.42. The van der Waals surface area contributed by atoms with Crippen LogP contribution in [0.2, 0.25) is 0 Å². The van der Waals surface area contributed by atoms with Crippen LogP contribution in [0.4, 0.5) is 0 Å². The predicted octanol–water partition coefficient (Wildman–Crippen LogP) is 3.50. The quantitative estimate of drug-likeness (QED) is 0.784. The Morgan fingerprint density at radius 3 is 2.18 bits per heavy atom. The molecule has 3 nitrogen and oxygen atoms in total. The standard InChI is InChI=1S/C18H22O3S/c1-17(2)15-9-10-18(17,3)16(19)14(15)11-12-5-7-13(8-6-12)22(4,20)21/h5-8,11,15H,9-10H2,1-4H3. The van der Waals surface area contributed by atoms with Crippen molar-refractivity contribution in [3.05, 3.63) is 35.4 Å². The maximum absolute atomic E-state index is 12.8. The fourth-order valence-electron chi connectivity index (χ4n) is 4.08. The van der Waals surface area contributed by atoms with Gasteiger partial charge in [0.05, 0.1) is 4.90 Å². The van der Waals surface area contributed by atoms with Gasteiger partial charge in [0.25, 0.3) is 0 Å². The Labute approximate surface area is 132 Å². The molecule has 2 fully saturated rings. The van der Waals surface area contributed by atoms with Crippen molar-refractivity contribution >= 4 is 21.7 Å². The molecule has 2 unspecified atom stereocenters. The smallest absolute Gasteiger partial charge is 0.175 e. The van der Waals surface area contributed by atoms with Crippen LogP contribution in [0, 0.1) is 16.7 Å². The van der Waals surface area contributed by atoms with E-state index in [-0.39, 0.29) is 16.6 Å². The van der Waals surface area contributed by atoms with Gasteiger partial charge in [-0.25, -0.2) is 8.42 Å². The van der Waals surface area contributed by atoms with E-state index in [9.17, 15) is 13.2 Å². The highest BCUT2D eigenvalue weighted by atomic mass is 32.2. The van der Waals surface area contributed by atoms with Gasteiger partial charge in [-0.1, -0.05) is 32.9 Å². The van der Waals surface area contributed by atoms with Crippen molar-refractivity contribution in [2.45, 2.75) is 38.5 Å². The Kier molecular flexibility index (Phi) is 3.19. The molecule has 0 amide bonds. The third-order valence-corrected chi connectivity index (χ3v) is 7.12.